The molecule has 6 heteroatoms. The van der Waals surface area contributed by atoms with Crippen LogP contribution in [0.4, 0.5) is 4.79 Å². The number of hydrogen-bond acceptors (Lipinski definition) is 3. The third-order valence-corrected chi connectivity index (χ3v) is 5.11. The smallest absolute Gasteiger partial charge is 0.327 e. The summed E-state index contributed by atoms with van der Waals surface area (Å²) in [4.78, 5) is 24.8. The summed E-state index contributed by atoms with van der Waals surface area (Å²) in [5.41, 5.74) is 0. The molecule has 1 aliphatic heterocycles. The van der Waals surface area contributed by atoms with Gasteiger partial charge in [-0.25, -0.2) is 9.59 Å². The van der Waals surface area contributed by atoms with E-state index in [1.54, 1.807) is 0 Å². The van der Waals surface area contributed by atoms with Gasteiger partial charge >= 0.3 is 12.0 Å². The Bertz CT molecular complexity index is 351. The van der Waals surface area contributed by atoms with Crippen molar-refractivity contribution in [1.29, 1.82) is 0 Å². The Morgan fingerprint density at radius 1 is 1.26 bits per heavy atom. The SMILES string of the molecule is CC1CCCCCC1NC(=O)N1CSC[C@H]1C(=O)O. The highest BCUT2D eigenvalue weighted by atomic mass is 32.2. The number of hydrogen-bond donors (Lipinski definition) is 2. The quantitative estimate of drug-likeness (QED) is 0.763. The number of rotatable bonds is 2. The van der Waals surface area contributed by atoms with Crippen molar-refractivity contribution < 1.29 is 14.7 Å². The molecule has 0 aromatic heterocycles. The highest BCUT2D eigenvalue weighted by Crippen LogP contribution is 2.25. The zero-order chi connectivity index (χ0) is 13.8. The van der Waals surface area contributed by atoms with Gasteiger partial charge in [0.2, 0.25) is 0 Å². The van der Waals surface area contributed by atoms with Gasteiger partial charge in [-0.15, -0.1) is 11.8 Å². The number of thioether (sulfide) groups is 1. The molecule has 2 N–H and O–H groups in total. The molecule has 0 radical (unpaired) electrons. The Balaban J connectivity index is 1.94. The Kier molecular flexibility index (Phi) is 4.96. The van der Waals surface area contributed by atoms with Gasteiger partial charge in [-0.05, 0) is 18.8 Å². The van der Waals surface area contributed by atoms with Crippen molar-refractivity contribution in [2.75, 3.05) is 11.6 Å². The van der Waals surface area contributed by atoms with E-state index in [2.05, 4.69) is 12.2 Å². The van der Waals surface area contributed by atoms with Crippen LogP contribution in [0.25, 0.3) is 0 Å². The van der Waals surface area contributed by atoms with Crippen LogP contribution in [-0.4, -0.2) is 45.7 Å². The van der Waals surface area contributed by atoms with Crippen LogP contribution in [0, 0.1) is 5.92 Å². The second kappa shape index (κ2) is 6.50. The van der Waals surface area contributed by atoms with Crippen molar-refractivity contribution in [3.63, 3.8) is 0 Å². The lowest BCUT2D eigenvalue weighted by Crippen LogP contribution is -2.51. The summed E-state index contributed by atoms with van der Waals surface area (Å²) >= 11 is 1.50. The molecule has 3 atom stereocenters. The summed E-state index contributed by atoms with van der Waals surface area (Å²) in [5.74, 6) is 0.534. The van der Waals surface area contributed by atoms with Crippen LogP contribution in [0.1, 0.15) is 39.0 Å². The number of urea groups is 1. The predicted octanol–water partition coefficient (Wildman–Crippen LogP) is 2.12. The molecule has 2 aliphatic rings. The van der Waals surface area contributed by atoms with Crippen molar-refractivity contribution in [3.05, 3.63) is 0 Å². The fourth-order valence-corrected chi connectivity index (χ4v) is 3.94. The van der Waals surface area contributed by atoms with Gasteiger partial charge < -0.3 is 15.3 Å². The lowest BCUT2D eigenvalue weighted by molar-refractivity contribution is -0.140. The maximum absolute atomic E-state index is 12.2. The molecule has 108 valence electrons. The van der Waals surface area contributed by atoms with Gasteiger partial charge in [-0.3, -0.25) is 0 Å². The molecule has 2 rings (SSSR count). The normalized spacial score (nSPS) is 31.8. The first-order chi connectivity index (χ1) is 9.09. The summed E-state index contributed by atoms with van der Waals surface area (Å²) in [6.07, 6.45) is 5.75. The molecule has 0 aromatic rings. The van der Waals surface area contributed by atoms with E-state index >= 15 is 0 Å². The number of carboxylic acid groups (broad SMARTS) is 1. The highest BCUT2D eigenvalue weighted by molar-refractivity contribution is 7.99. The maximum Gasteiger partial charge on any atom is 0.327 e. The van der Waals surface area contributed by atoms with Gasteiger partial charge in [0.1, 0.15) is 6.04 Å². The first-order valence-electron chi connectivity index (χ1n) is 6.97. The summed E-state index contributed by atoms with van der Waals surface area (Å²) < 4.78 is 0. The summed E-state index contributed by atoms with van der Waals surface area (Å²) in [5, 5.41) is 12.1. The third-order valence-electron chi connectivity index (χ3n) is 4.10. The van der Waals surface area contributed by atoms with Crippen LogP contribution >= 0.6 is 11.8 Å². The number of amides is 2. The molecule has 1 aliphatic carbocycles. The van der Waals surface area contributed by atoms with Gasteiger partial charge in [0, 0.05) is 11.8 Å². The third kappa shape index (κ3) is 3.55. The van der Waals surface area contributed by atoms with Crippen molar-refractivity contribution in [2.45, 2.75) is 51.1 Å². The molecule has 1 heterocycles. The topological polar surface area (TPSA) is 69.6 Å². The lowest BCUT2D eigenvalue weighted by Gasteiger charge is -2.27. The molecule has 2 unspecified atom stereocenters. The van der Waals surface area contributed by atoms with E-state index in [1.165, 1.54) is 29.5 Å². The summed E-state index contributed by atoms with van der Waals surface area (Å²) in [7, 11) is 0. The number of aliphatic carboxylic acids is 1. The molecule has 5 nitrogen and oxygen atoms in total. The number of nitrogens with zero attached hydrogens (tertiary/aromatic N) is 1. The Labute approximate surface area is 118 Å². The fourth-order valence-electron chi connectivity index (χ4n) is 2.80. The van der Waals surface area contributed by atoms with E-state index in [9.17, 15) is 9.59 Å². The molecule has 1 saturated carbocycles. The van der Waals surface area contributed by atoms with Crippen molar-refractivity contribution >= 4 is 23.8 Å². The minimum Gasteiger partial charge on any atom is -0.480 e. The Hall–Kier alpha value is -0.910. The molecular formula is C13H22N2O3S. The second-order valence-electron chi connectivity index (χ2n) is 5.49. The zero-order valence-corrected chi connectivity index (χ0v) is 12.1. The Morgan fingerprint density at radius 2 is 2.00 bits per heavy atom. The summed E-state index contributed by atoms with van der Waals surface area (Å²) in [6, 6.07) is -0.697. The van der Waals surface area contributed by atoms with Gasteiger partial charge in [0.25, 0.3) is 0 Å². The minimum atomic E-state index is -0.908. The lowest BCUT2D eigenvalue weighted by atomic mass is 9.97. The van der Waals surface area contributed by atoms with E-state index in [-0.39, 0.29) is 12.1 Å². The fraction of sp³-hybridized carbons (Fsp3) is 0.846. The number of carbonyl (C=O) groups is 2. The first kappa shape index (κ1) is 14.5. The molecule has 2 amide bonds. The molecule has 0 spiro atoms. The average Bonchev–Trinajstić information content (AvgIpc) is 2.78. The van der Waals surface area contributed by atoms with E-state index < -0.39 is 12.0 Å². The molecule has 0 bridgehead atoms. The standard InChI is InChI=1S/C13H22N2O3S/c1-9-5-3-2-4-6-10(9)14-13(18)15-8-19-7-11(15)12(16)17/h9-11H,2-8H2,1H3,(H,14,18)(H,16,17)/t9?,10?,11-/m0/s1. The maximum atomic E-state index is 12.2. The van der Waals surface area contributed by atoms with Gasteiger partial charge in [-0.1, -0.05) is 26.2 Å². The molecule has 1 saturated heterocycles. The van der Waals surface area contributed by atoms with Crippen molar-refractivity contribution in [2.24, 2.45) is 5.92 Å². The number of carbonyl (C=O) groups excluding carboxylic acids is 1. The highest BCUT2D eigenvalue weighted by Gasteiger charge is 2.35. The van der Waals surface area contributed by atoms with Crippen LogP contribution in [0.2, 0.25) is 0 Å². The van der Waals surface area contributed by atoms with E-state index in [4.69, 9.17) is 5.11 Å². The van der Waals surface area contributed by atoms with Gasteiger partial charge in [0.15, 0.2) is 0 Å². The zero-order valence-electron chi connectivity index (χ0n) is 11.3. The van der Waals surface area contributed by atoms with Gasteiger partial charge in [-0.2, -0.15) is 0 Å². The van der Waals surface area contributed by atoms with Crippen LogP contribution < -0.4 is 5.32 Å². The van der Waals surface area contributed by atoms with Crippen LogP contribution in [0.3, 0.4) is 0 Å². The van der Waals surface area contributed by atoms with E-state index in [0.29, 0.717) is 17.5 Å². The van der Waals surface area contributed by atoms with E-state index in [0.717, 1.165) is 19.3 Å². The molecule has 19 heavy (non-hydrogen) atoms. The van der Waals surface area contributed by atoms with E-state index in [1.807, 2.05) is 0 Å². The number of carboxylic acids is 1. The largest absolute Gasteiger partial charge is 0.480 e. The van der Waals surface area contributed by atoms with Gasteiger partial charge in [0.05, 0.1) is 5.88 Å². The summed E-state index contributed by atoms with van der Waals surface area (Å²) in [6.45, 7) is 2.17. The second-order valence-corrected chi connectivity index (χ2v) is 6.49. The predicted molar refractivity (Wildman–Crippen MR) is 75.2 cm³/mol. The molecule has 2 fully saturated rings. The first-order valence-corrected chi connectivity index (χ1v) is 8.12. The van der Waals surface area contributed by atoms with Crippen molar-refractivity contribution in [3.8, 4) is 0 Å². The van der Waals surface area contributed by atoms with Crippen LogP contribution in [0.5, 0.6) is 0 Å². The van der Waals surface area contributed by atoms with Crippen LogP contribution in [-0.2, 0) is 4.79 Å². The minimum absolute atomic E-state index is 0.190. The molecular weight excluding hydrogens is 264 g/mol. The molecule has 0 aromatic carbocycles. The van der Waals surface area contributed by atoms with Crippen LogP contribution in [0.15, 0.2) is 0 Å². The average molecular weight is 286 g/mol. The number of nitrogens with one attached hydrogen (secondary N) is 1. The Morgan fingerprint density at radius 3 is 2.74 bits per heavy atom. The van der Waals surface area contributed by atoms with Crippen molar-refractivity contribution in [1.82, 2.24) is 10.2 Å². The monoisotopic (exact) mass is 286 g/mol.